The summed E-state index contributed by atoms with van der Waals surface area (Å²) in [6, 6.07) is 2.04. The van der Waals surface area contributed by atoms with E-state index in [0.717, 1.165) is 36.8 Å². The molecule has 1 aromatic heterocycles. The third kappa shape index (κ3) is 4.36. The van der Waals surface area contributed by atoms with Crippen molar-refractivity contribution in [2.75, 3.05) is 17.2 Å². The monoisotopic (exact) mass is 276 g/mol. The van der Waals surface area contributed by atoms with Gasteiger partial charge < -0.3 is 10.6 Å². The van der Waals surface area contributed by atoms with Crippen LogP contribution in [0.15, 0.2) is 6.07 Å². The Balaban J connectivity index is 2.15. The molecule has 0 aromatic carbocycles. The molecule has 0 saturated heterocycles. The van der Waals surface area contributed by atoms with Gasteiger partial charge in [-0.25, -0.2) is 9.97 Å². The Morgan fingerprint density at radius 2 is 1.85 bits per heavy atom. The van der Waals surface area contributed by atoms with Crippen LogP contribution in [0.4, 0.5) is 11.6 Å². The summed E-state index contributed by atoms with van der Waals surface area (Å²) in [7, 11) is 0. The van der Waals surface area contributed by atoms with Crippen LogP contribution in [0.2, 0.25) is 0 Å². The second-order valence-electron chi connectivity index (χ2n) is 6.46. The van der Waals surface area contributed by atoms with Crippen molar-refractivity contribution >= 4 is 11.6 Å². The Hall–Kier alpha value is -1.32. The summed E-state index contributed by atoms with van der Waals surface area (Å²) in [5, 5.41) is 6.95. The SMILES string of the molecule is CCCNc1cc(NC(C)(C)CCC)nc(C2CC2)n1. The van der Waals surface area contributed by atoms with Crippen LogP contribution in [0.25, 0.3) is 0 Å². The lowest BCUT2D eigenvalue weighted by Gasteiger charge is -2.26. The summed E-state index contributed by atoms with van der Waals surface area (Å²) >= 11 is 0. The van der Waals surface area contributed by atoms with E-state index in [0.29, 0.717) is 5.92 Å². The number of nitrogens with one attached hydrogen (secondary N) is 2. The molecule has 1 heterocycles. The molecule has 0 unspecified atom stereocenters. The van der Waals surface area contributed by atoms with E-state index >= 15 is 0 Å². The summed E-state index contributed by atoms with van der Waals surface area (Å²) < 4.78 is 0. The Morgan fingerprint density at radius 3 is 2.45 bits per heavy atom. The van der Waals surface area contributed by atoms with E-state index in [1.807, 2.05) is 6.07 Å². The molecule has 0 amide bonds. The largest absolute Gasteiger partial charge is 0.370 e. The molecule has 4 nitrogen and oxygen atoms in total. The van der Waals surface area contributed by atoms with Crippen LogP contribution < -0.4 is 10.6 Å². The molecule has 20 heavy (non-hydrogen) atoms. The first kappa shape index (κ1) is 15.1. The lowest BCUT2D eigenvalue weighted by Crippen LogP contribution is -2.31. The van der Waals surface area contributed by atoms with Gasteiger partial charge in [-0.15, -0.1) is 0 Å². The van der Waals surface area contributed by atoms with E-state index in [1.165, 1.54) is 19.3 Å². The predicted octanol–water partition coefficient (Wildman–Crippen LogP) is 4.17. The first-order chi connectivity index (χ1) is 9.54. The third-order valence-electron chi connectivity index (χ3n) is 3.58. The molecule has 0 aliphatic heterocycles. The van der Waals surface area contributed by atoms with Crippen molar-refractivity contribution in [1.82, 2.24) is 9.97 Å². The maximum atomic E-state index is 4.71. The molecular formula is C16H28N4. The third-order valence-corrected chi connectivity index (χ3v) is 3.58. The molecule has 1 fully saturated rings. The minimum atomic E-state index is 0.0753. The second kappa shape index (κ2) is 6.42. The molecular weight excluding hydrogens is 248 g/mol. The van der Waals surface area contributed by atoms with Gasteiger partial charge in [0.1, 0.15) is 17.5 Å². The van der Waals surface area contributed by atoms with E-state index in [2.05, 4.69) is 43.3 Å². The summed E-state index contributed by atoms with van der Waals surface area (Å²) in [4.78, 5) is 9.36. The number of rotatable bonds is 8. The van der Waals surface area contributed by atoms with Gasteiger partial charge in [-0.3, -0.25) is 0 Å². The van der Waals surface area contributed by atoms with Gasteiger partial charge in [0.2, 0.25) is 0 Å². The van der Waals surface area contributed by atoms with E-state index in [1.54, 1.807) is 0 Å². The van der Waals surface area contributed by atoms with Crippen molar-refractivity contribution in [2.45, 2.75) is 71.3 Å². The number of aromatic nitrogens is 2. The van der Waals surface area contributed by atoms with Crippen LogP contribution >= 0.6 is 0 Å². The van der Waals surface area contributed by atoms with Gasteiger partial charge in [-0.1, -0.05) is 20.3 Å². The smallest absolute Gasteiger partial charge is 0.136 e. The predicted molar refractivity (Wildman–Crippen MR) is 85.4 cm³/mol. The maximum Gasteiger partial charge on any atom is 0.136 e. The minimum absolute atomic E-state index is 0.0753. The molecule has 112 valence electrons. The van der Waals surface area contributed by atoms with Crippen LogP contribution in [-0.4, -0.2) is 22.1 Å². The summed E-state index contributed by atoms with van der Waals surface area (Å²) in [5.74, 6) is 3.49. The molecule has 0 spiro atoms. The van der Waals surface area contributed by atoms with Gasteiger partial charge in [0, 0.05) is 24.1 Å². The summed E-state index contributed by atoms with van der Waals surface area (Å²) in [6.45, 7) is 9.80. The molecule has 2 N–H and O–H groups in total. The van der Waals surface area contributed by atoms with E-state index in [4.69, 9.17) is 4.98 Å². The second-order valence-corrected chi connectivity index (χ2v) is 6.46. The molecule has 1 aliphatic rings. The van der Waals surface area contributed by atoms with Gasteiger partial charge in [0.05, 0.1) is 0 Å². The Kier molecular flexibility index (Phi) is 4.84. The van der Waals surface area contributed by atoms with Crippen molar-refractivity contribution < 1.29 is 0 Å². The van der Waals surface area contributed by atoms with Gasteiger partial charge in [-0.2, -0.15) is 0 Å². The van der Waals surface area contributed by atoms with Crippen molar-refractivity contribution in [2.24, 2.45) is 0 Å². The summed E-state index contributed by atoms with van der Waals surface area (Å²) in [6.07, 6.45) is 5.87. The van der Waals surface area contributed by atoms with E-state index < -0.39 is 0 Å². The highest BCUT2D eigenvalue weighted by atomic mass is 15.1. The topological polar surface area (TPSA) is 49.8 Å². The summed E-state index contributed by atoms with van der Waals surface area (Å²) in [5.41, 5.74) is 0.0753. The van der Waals surface area contributed by atoms with Crippen molar-refractivity contribution in [3.63, 3.8) is 0 Å². The number of hydrogen-bond acceptors (Lipinski definition) is 4. The molecule has 2 rings (SSSR count). The first-order valence-corrected chi connectivity index (χ1v) is 7.95. The normalized spacial score (nSPS) is 15.2. The zero-order valence-electron chi connectivity index (χ0n) is 13.3. The van der Waals surface area contributed by atoms with E-state index in [9.17, 15) is 0 Å². The van der Waals surface area contributed by atoms with Crippen molar-refractivity contribution in [1.29, 1.82) is 0 Å². The highest BCUT2D eigenvalue weighted by molar-refractivity contribution is 5.49. The van der Waals surface area contributed by atoms with Crippen LogP contribution in [0.1, 0.15) is 71.5 Å². The number of nitrogens with zero attached hydrogens (tertiary/aromatic N) is 2. The number of anilines is 2. The molecule has 0 radical (unpaired) electrons. The minimum Gasteiger partial charge on any atom is -0.370 e. The van der Waals surface area contributed by atoms with Crippen molar-refractivity contribution in [3.8, 4) is 0 Å². The maximum absolute atomic E-state index is 4.71. The lowest BCUT2D eigenvalue weighted by molar-refractivity contribution is 0.508. The Labute approximate surface area is 122 Å². The van der Waals surface area contributed by atoms with Crippen LogP contribution in [0.5, 0.6) is 0 Å². The lowest BCUT2D eigenvalue weighted by atomic mass is 9.99. The fourth-order valence-corrected chi connectivity index (χ4v) is 2.43. The van der Waals surface area contributed by atoms with Gasteiger partial charge >= 0.3 is 0 Å². The van der Waals surface area contributed by atoms with Crippen LogP contribution in [-0.2, 0) is 0 Å². The molecule has 1 aliphatic carbocycles. The molecule has 0 bridgehead atoms. The average molecular weight is 276 g/mol. The van der Waals surface area contributed by atoms with Crippen LogP contribution in [0.3, 0.4) is 0 Å². The standard InChI is InChI=1S/C16H28N4/c1-5-9-16(3,4)20-14-11-13(17-10-6-2)18-15(19-14)12-7-8-12/h11-12H,5-10H2,1-4H3,(H2,17,18,19,20). The molecule has 4 heteroatoms. The van der Waals surface area contributed by atoms with Gasteiger partial charge in [0.15, 0.2) is 0 Å². The van der Waals surface area contributed by atoms with Crippen molar-refractivity contribution in [3.05, 3.63) is 11.9 Å². The zero-order valence-corrected chi connectivity index (χ0v) is 13.3. The fourth-order valence-electron chi connectivity index (χ4n) is 2.43. The number of hydrogen-bond donors (Lipinski definition) is 2. The van der Waals surface area contributed by atoms with Gasteiger partial charge in [-0.05, 0) is 39.5 Å². The molecule has 1 aromatic rings. The van der Waals surface area contributed by atoms with E-state index in [-0.39, 0.29) is 5.54 Å². The Morgan fingerprint density at radius 1 is 1.15 bits per heavy atom. The highest BCUT2D eigenvalue weighted by Gasteiger charge is 2.28. The van der Waals surface area contributed by atoms with Crippen LogP contribution in [0, 0.1) is 0 Å². The molecule has 0 atom stereocenters. The Bertz CT molecular complexity index is 438. The highest BCUT2D eigenvalue weighted by Crippen LogP contribution is 2.39. The zero-order chi connectivity index (χ0) is 14.6. The average Bonchev–Trinajstić information content (AvgIpc) is 3.19. The molecule has 1 saturated carbocycles. The fraction of sp³-hybridized carbons (Fsp3) is 0.750. The van der Waals surface area contributed by atoms with Gasteiger partial charge in [0.25, 0.3) is 0 Å². The first-order valence-electron chi connectivity index (χ1n) is 7.95. The quantitative estimate of drug-likeness (QED) is 0.748.